The number of anilines is 3. The summed E-state index contributed by atoms with van der Waals surface area (Å²) in [5, 5.41) is 4.49. The van der Waals surface area contributed by atoms with Crippen molar-refractivity contribution in [1.29, 1.82) is 0 Å². The Morgan fingerprint density at radius 2 is 1.04 bits per heavy atom. The van der Waals surface area contributed by atoms with Crippen LogP contribution in [-0.4, -0.2) is 4.98 Å². The van der Waals surface area contributed by atoms with Crippen LogP contribution in [0.2, 0.25) is 0 Å². The third-order valence-corrected chi connectivity index (χ3v) is 9.70. The van der Waals surface area contributed by atoms with Crippen molar-refractivity contribution in [3.63, 3.8) is 0 Å². The van der Waals surface area contributed by atoms with Crippen molar-refractivity contribution in [2.75, 3.05) is 4.90 Å². The van der Waals surface area contributed by atoms with E-state index in [1.54, 1.807) is 0 Å². The summed E-state index contributed by atoms with van der Waals surface area (Å²) >= 11 is 0. The molecule has 0 aliphatic carbocycles. The maximum atomic E-state index is 6.41. The molecule has 240 valence electrons. The molecule has 4 nitrogen and oxygen atoms in total. The van der Waals surface area contributed by atoms with Gasteiger partial charge in [0.15, 0.2) is 5.58 Å². The van der Waals surface area contributed by atoms with Gasteiger partial charge in [0.25, 0.3) is 0 Å². The van der Waals surface area contributed by atoms with Gasteiger partial charge in [-0.2, -0.15) is 0 Å². The minimum absolute atomic E-state index is 0.596. The van der Waals surface area contributed by atoms with Gasteiger partial charge in [0, 0.05) is 39.3 Å². The number of benzene rings is 8. The van der Waals surface area contributed by atoms with Gasteiger partial charge in [0.05, 0.1) is 5.69 Å². The fraction of sp³-hybridized carbons (Fsp3) is 0. The van der Waals surface area contributed by atoms with E-state index in [0.29, 0.717) is 11.5 Å². The van der Waals surface area contributed by atoms with Crippen molar-refractivity contribution < 1.29 is 8.83 Å². The van der Waals surface area contributed by atoms with Crippen LogP contribution in [0.25, 0.3) is 77.5 Å². The average molecular weight is 655 g/mol. The van der Waals surface area contributed by atoms with Crippen molar-refractivity contribution in [3.05, 3.63) is 182 Å². The van der Waals surface area contributed by atoms with E-state index in [-0.39, 0.29) is 0 Å². The van der Waals surface area contributed by atoms with Gasteiger partial charge in [-0.15, -0.1) is 0 Å². The molecule has 0 saturated carbocycles. The van der Waals surface area contributed by atoms with Gasteiger partial charge < -0.3 is 13.7 Å². The van der Waals surface area contributed by atoms with Crippen LogP contribution < -0.4 is 4.90 Å². The molecular weight excluding hydrogens is 625 g/mol. The number of fused-ring (bicyclic) bond motifs is 5. The molecule has 0 fully saturated rings. The topological polar surface area (TPSA) is 42.4 Å². The number of hydrogen-bond acceptors (Lipinski definition) is 4. The highest BCUT2D eigenvalue weighted by Crippen LogP contribution is 2.44. The van der Waals surface area contributed by atoms with E-state index < -0.39 is 0 Å². The molecule has 10 rings (SSSR count). The Bertz CT molecular complexity index is 2850. The lowest BCUT2D eigenvalue weighted by Gasteiger charge is -2.28. The molecule has 0 spiro atoms. The summed E-state index contributed by atoms with van der Waals surface area (Å²) in [6.45, 7) is 0. The molecule has 0 saturated heterocycles. The van der Waals surface area contributed by atoms with Crippen molar-refractivity contribution in [2.24, 2.45) is 0 Å². The maximum absolute atomic E-state index is 6.41. The van der Waals surface area contributed by atoms with E-state index >= 15 is 0 Å². The third-order valence-electron chi connectivity index (χ3n) is 9.70. The zero-order valence-corrected chi connectivity index (χ0v) is 27.5. The number of hydrogen-bond donors (Lipinski definition) is 0. The highest BCUT2D eigenvalue weighted by molar-refractivity contribution is 6.10. The molecule has 0 radical (unpaired) electrons. The second-order valence-electron chi connectivity index (χ2n) is 12.8. The van der Waals surface area contributed by atoms with E-state index in [0.717, 1.165) is 61.2 Å². The molecule has 8 aromatic carbocycles. The fourth-order valence-electron chi connectivity index (χ4n) is 7.25. The lowest BCUT2D eigenvalue weighted by Crippen LogP contribution is -2.11. The summed E-state index contributed by atoms with van der Waals surface area (Å²) in [4.78, 5) is 7.19. The molecule has 0 bridgehead atoms. The molecular formula is C47H30N2O2. The summed E-state index contributed by atoms with van der Waals surface area (Å²) < 4.78 is 12.6. The molecule has 0 unspecified atom stereocenters. The number of furan rings is 1. The smallest absolute Gasteiger partial charge is 0.227 e. The quantitative estimate of drug-likeness (QED) is 0.179. The molecule has 10 aromatic rings. The molecule has 2 heterocycles. The highest BCUT2D eigenvalue weighted by atomic mass is 16.4. The Morgan fingerprint density at radius 3 is 1.88 bits per heavy atom. The zero-order chi connectivity index (χ0) is 33.7. The first-order valence-corrected chi connectivity index (χ1v) is 17.1. The Hall–Kier alpha value is -6.91. The lowest BCUT2D eigenvalue weighted by molar-refractivity contribution is 0.617. The van der Waals surface area contributed by atoms with E-state index in [1.807, 2.05) is 36.4 Å². The van der Waals surface area contributed by atoms with Crippen LogP contribution in [-0.2, 0) is 0 Å². The summed E-state index contributed by atoms with van der Waals surface area (Å²) in [6.07, 6.45) is 0. The van der Waals surface area contributed by atoms with Gasteiger partial charge >= 0.3 is 0 Å². The largest absolute Gasteiger partial charge is 0.456 e. The molecule has 0 amide bonds. The Balaban J connectivity index is 1.14. The second-order valence-corrected chi connectivity index (χ2v) is 12.8. The van der Waals surface area contributed by atoms with Gasteiger partial charge in [-0.1, -0.05) is 121 Å². The SMILES string of the molecule is c1ccc(-c2nc3cc4c(cc3o2)oc2ccc(N(c3ccc(-c5cccc6ccccc56)cc3)c3ccccc3-c3ccccc3)cc24)cc1. The minimum atomic E-state index is 0.596. The van der Waals surface area contributed by atoms with Gasteiger partial charge in [0.2, 0.25) is 5.89 Å². The van der Waals surface area contributed by atoms with Gasteiger partial charge in [-0.25, -0.2) is 4.98 Å². The summed E-state index contributed by atoms with van der Waals surface area (Å²) in [6, 6.07) is 63.6. The molecule has 0 aliphatic heterocycles. The van der Waals surface area contributed by atoms with Crippen LogP contribution in [0.15, 0.2) is 191 Å². The van der Waals surface area contributed by atoms with E-state index in [9.17, 15) is 0 Å². The molecule has 0 aliphatic rings. The molecule has 0 atom stereocenters. The molecule has 51 heavy (non-hydrogen) atoms. The van der Waals surface area contributed by atoms with E-state index in [4.69, 9.17) is 13.8 Å². The molecule has 4 heteroatoms. The first-order chi connectivity index (χ1) is 25.3. The summed E-state index contributed by atoms with van der Waals surface area (Å²) in [5.74, 6) is 0.596. The standard InChI is InChI=1S/C47H30N2O2/c1-3-12-32(13-4-1)39-19-9-10-21-43(39)49(35-24-22-33(23-25-35)38-20-11-17-31-14-7-8-18-37(31)38)36-26-27-44-40(28-36)41-29-42-46(30-45(41)50-44)51-47(48-42)34-15-5-2-6-16-34/h1-30H. The Morgan fingerprint density at radius 1 is 0.392 bits per heavy atom. The monoisotopic (exact) mass is 654 g/mol. The Labute approximate surface area is 294 Å². The van der Waals surface area contributed by atoms with Gasteiger partial charge in [-0.05, 0) is 82.1 Å². The highest BCUT2D eigenvalue weighted by Gasteiger charge is 2.20. The first kappa shape index (κ1) is 29.0. The second kappa shape index (κ2) is 11.9. The van der Waals surface area contributed by atoms with E-state index in [2.05, 4.69) is 150 Å². The number of aromatic nitrogens is 1. The Kier molecular flexibility index (Phi) is 6.78. The summed E-state index contributed by atoms with van der Waals surface area (Å²) in [5.41, 5.74) is 11.9. The predicted molar refractivity (Wildman–Crippen MR) is 210 cm³/mol. The number of rotatable bonds is 6. The fourth-order valence-corrected chi connectivity index (χ4v) is 7.25. The van der Waals surface area contributed by atoms with Crippen molar-refractivity contribution in [2.45, 2.75) is 0 Å². The van der Waals surface area contributed by atoms with Crippen molar-refractivity contribution >= 4 is 60.9 Å². The number of nitrogens with zero attached hydrogens (tertiary/aromatic N) is 2. The molecule has 0 N–H and O–H groups in total. The van der Waals surface area contributed by atoms with Crippen LogP contribution in [0.1, 0.15) is 0 Å². The normalized spacial score (nSPS) is 11.5. The predicted octanol–water partition coefficient (Wildman–Crippen LogP) is 13.4. The van der Waals surface area contributed by atoms with Crippen molar-refractivity contribution in [1.82, 2.24) is 4.98 Å². The average Bonchev–Trinajstić information content (AvgIpc) is 3.78. The van der Waals surface area contributed by atoms with Crippen LogP contribution in [0.4, 0.5) is 17.1 Å². The minimum Gasteiger partial charge on any atom is -0.456 e. The summed E-state index contributed by atoms with van der Waals surface area (Å²) in [7, 11) is 0. The number of para-hydroxylation sites is 1. The first-order valence-electron chi connectivity index (χ1n) is 17.1. The third kappa shape index (κ3) is 5.04. The number of oxazole rings is 1. The molecule has 2 aromatic heterocycles. The van der Waals surface area contributed by atoms with Gasteiger partial charge in [-0.3, -0.25) is 0 Å². The maximum Gasteiger partial charge on any atom is 0.227 e. The lowest BCUT2D eigenvalue weighted by atomic mass is 9.97. The van der Waals surface area contributed by atoms with Crippen LogP contribution in [0, 0.1) is 0 Å². The van der Waals surface area contributed by atoms with Crippen molar-refractivity contribution in [3.8, 4) is 33.7 Å². The van der Waals surface area contributed by atoms with Gasteiger partial charge in [0.1, 0.15) is 16.7 Å². The zero-order valence-electron chi connectivity index (χ0n) is 27.5. The van der Waals surface area contributed by atoms with Crippen LogP contribution in [0.3, 0.4) is 0 Å². The van der Waals surface area contributed by atoms with Crippen LogP contribution >= 0.6 is 0 Å². The van der Waals surface area contributed by atoms with E-state index in [1.165, 1.54) is 21.9 Å². The van der Waals surface area contributed by atoms with Crippen LogP contribution in [0.5, 0.6) is 0 Å².